The molecule has 0 amide bonds. The zero-order valence-corrected chi connectivity index (χ0v) is 8.95. The average molecular weight is 235 g/mol. The first kappa shape index (κ1) is 9.48. The van der Waals surface area contributed by atoms with Crippen molar-refractivity contribution in [3.8, 4) is 5.75 Å². The number of hydrogen-bond donors (Lipinski definition) is 0. The molecule has 2 aromatic rings. The molecule has 0 bridgehead atoms. The first-order chi connectivity index (χ1) is 7.75. The molecule has 0 fully saturated rings. The van der Waals surface area contributed by atoms with Crippen molar-refractivity contribution in [3.05, 3.63) is 45.3 Å². The van der Waals surface area contributed by atoms with E-state index >= 15 is 0 Å². The fourth-order valence-electron chi connectivity index (χ4n) is 1.76. The highest BCUT2D eigenvalue weighted by molar-refractivity contribution is 6.31. The van der Waals surface area contributed by atoms with Crippen molar-refractivity contribution in [2.45, 2.75) is 0 Å². The summed E-state index contributed by atoms with van der Waals surface area (Å²) in [4.78, 5) is 11.6. The van der Waals surface area contributed by atoms with E-state index in [9.17, 15) is 4.79 Å². The number of halogens is 1. The molecule has 3 rings (SSSR count). The van der Waals surface area contributed by atoms with Gasteiger partial charge in [-0.15, -0.1) is 0 Å². The summed E-state index contributed by atoms with van der Waals surface area (Å²) in [5.74, 6) is 0.574. The molecular weight excluding hydrogens is 228 g/mol. The van der Waals surface area contributed by atoms with Crippen molar-refractivity contribution >= 4 is 28.6 Å². The van der Waals surface area contributed by atoms with Crippen molar-refractivity contribution in [3.63, 3.8) is 0 Å². The first-order valence-corrected chi connectivity index (χ1v) is 5.19. The molecule has 0 atom stereocenters. The predicted molar refractivity (Wildman–Crippen MR) is 62.0 cm³/mol. The number of rotatable bonds is 0. The van der Waals surface area contributed by atoms with Crippen LogP contribution < -0.4 is 10.4 Å². The van der Waals surface area contributed by atoms with Crippen LogP contribution in [-0.4, -0.2) is 6.61 Å². The minimum absolute atomic E-state index is 0.402. The molecule has 2 heterocycles. The average Bonchev–Trinajstić information content (AvgIpc) is 2.29. The number of ether oxygens (including phenoxy) is 1. The second kappa shape index (κ2) is 3.39. The standard InChI is InChI=1S/C12H7ClO3/c13-7-3-4-8-10(6-7)16-12(14)9-2-1-5-15-11(8)9/h1-4,6H,5H2. The normalized spacial score (nSPS) is 13.6. The van der Waals surface area contributed by atoms with E-state index < -0.39 is 5.63 Å². The van der Waals surface area contributed by atoms with Crippen LogP contribution in [0.25, 0.3) is 17.0 Å². The Morgan fingerprint density at radius 3 is 3.06 bits per heavy atom. The van der Waals surface area contributed by atoms with Crippen LogP contribution in [0.2, 0.25) is 5.02 Å². The van der Waals surface area contributed by atoms with Gasteiger partial charge in [0.25, 0.3) is 0 Å². The van der Waals surface area contributed by atoms with E-state index in [2.05, 4.69) is 0 Å². The zero-order chi connectivity index (χ0) is 11.1. The van der Waals surface area contributed by atoms with Crippen LogP contribution in [-0.2, 0) is 0 Å². The molecule has 1 aliphatic heterocycles. The Balaban J connectivity index is 2.47. The van der Waals surface area contributed by atoms with Gasteiger partial charge in [0.1, 0.15) is 23.5 Å². The Morgan fingerprint density at radius 1 is 1.31 bits per heavy atom. The second-order valence-electron chi connectivity index (χ2n) is 3.49. The van der Waals surface area contributed by atoms with Gasteiger partial charge in [-0.1, -0.05) is 11.6 Å². The van der Waals surface area contributed by atoms with Gasteiger partial charge in [0, 0.05) is 11.1 Å². The fourth-order valence-corrected chi connectivity index (χ4v) is 1.92. The number of fused-ring (bicyclic) bond motifs is 3. The lowest BCUT2D eigenvalue weighted by atomic mass is 10.1. The summed E-state index contributed by atoms with van der Waals surface area (Å²) in [6.45, 7) is 0.466. The van der Waals surface area contributed by atoms with Gasteiger partial charge in [-0.25, -0.2) is 4.79 Å². The van der Waals surface area contributed by atoms with Crippen LogP contribution in [0.4, 0.5) is 0 Å². The van der Waals surface area contributed by atoms with E-state index in [0.29, 0.717) is 28.5 Å². The summed E-state index contributed by atoms with van der Waals surface area (Å²) >= 11 is 5.84. The molecule has 0 N–H and O–H groups in total. The molecule has 0 saturated carbocycles. The highest BCUT2D eigenvalue weighted by Crippen LogP contribution is 2.31. The van der Waals surface area contributed by atoms with Crippen molar-refractivity contribution in [1.29, 1.82) is 0 Å². The molecule has 1 aromatic carbocycles. The third kappa shape index (κ3) is 1.32. The van der Waals surface area contributed by atoms with Crippen LogP contribution in [0.15, 0.2) is 33.5 Å². The molecule has 0 radical (unpaired) electrons. The van der Waals surface area contributed by atoms with Gasteiger partial charge in [-0.3, -0.25) is 0 Å². The second-order valence-corrected chi connectivity index (χ2v) is 3.92. The third-order valence-electron chi connectivity index (χ3n) is 2.46. The number of benzene rings is 1. The number of hydrogen-bond acceptors (Lipinski definition) is 3. The van der Waals surface area contributed by atoms with E-state index in [1.165, 1.54) is 0 Å². The summed E-state index contributed by atoms with van der Waals surface area (Å²) in [6.07, 6.45) is 3.50. The predicted octanol–water partition coefficient (Wildman–Crippen LogP) is 2.85. The molecular formula is C12H7ClO3. The maximum absolute atomic E-state index is 11.6. The Hall–Kier alpha value is -1.74. The Kier molecular flexibility index (Phi) is 2.01. The Bertz CT molecular complexity index is 655. The zero-order valence-electron chi connectivity index (χ0n) is 8.20. The molecule has 1 aliphatic rings. The van der Waals surface area contributed by atoms with E-state index in [4.69, 9.17) is 20.8 Å². The van der Waals surface area contributed by atoms with Gasteiger partial charge >= 0.3 is 5.63 Å². The van der Waals surface area contributed by atoms with Crippen LogP contribution in [0.5, 0.6) is 5.75 Å². The molecule has 3 nitrogen and oxygen atoms in total. The van der Waals surface area contributed by atoms with Gasteiger partial charge in [0.15, 0.2) is 0 Å². The first-order valence-electron chi connectivity index (χ1n) is 4.81. The van der Waals surface area contributed by atoms with Gasteiger partial charge in [0.2, 0.25) is 0 Å². The lowest BCUT2D eigenvalue weighted by Gasteiger charge is -2.13. The highest BCUT2D eigenvalue weighted by Gasteiger charge is 2.16. The molecule has 4 heteroatoms. The Labute approximate surface area is 95.9 Å². The minimum atomic E-state index is -0.402. The van der Waals surface area contributed by atoms with Gasteiger partial charge in [0.05, 0.1) is 5.39 Å². The lowest BCUT2D eigenvalue weighted by molar-refractivity contribution is 0.358. The third-order valence-corrected chi connectivity index (χ3v) is 2.70. The highest BCUT2D eigenvalue weighted by atomic mass is 35.5. The molecule has 0 unspecified atom stereocenters. The van der Waals surface area contributed by atoms with Crippen LogP contribution in [0.3, 0.4) is 0 Å². The van der Waals surface area contributed by atoms with Crippen molar-refractivity contribution in [2.24, 2.45) is 0 Å². The summed E-state index contributed by atoms with van der Waals surface area (Å²) < 4.78 is 10.6. The summed E-state index contributed by atoms with van der Waals surface area (Å²) in [6, 6.07) is 5.14. The van der Waals surface area contributed by atoms with E-state index in [0.717, 1.165) is 5.39 Å². The van der Waals surface area contributed by atoms with Crippen molar-refractivity contribution in [1.82, 2.24) is 0 Å². The van der Waals surface area contributed by atoms with Gasteiger partial charge in [-0.05, 0) is 24.3 Å². The lowest BCUT2D eigenvalue weighted by Crippen LogP contribution is -2.11. The Morgan fingerprint density at radius 2 is 2.19 bits per heavy atom. The van der Waals surface area contributed by atoms with E-state index in [1.54, 1.807) is 30.4 Å². The van der Waals surface area contributed by atoms with Crippen LogP contribution in [0.1, 0.15) is 5.56 Å². The van der Waals surface area contributed by atoms with Crippen LogP contribution >= 0.6 is 11.6 Å². The van der Waals surface area contributed by atoms with Gasteiger partial charge < -0.3 is 9.15 Å². The maximum Gasteiger partial charge on any atom is 0.347 e. The fraction of sp³-hybridized carbons (Fsp3) is 0.0833. The summed E-state index contributed by atoms with van der Waals surface area (Å²) in [5, 5.41) is 1.30. The van der Waals surface area contributed by atoms with E-state index in [-0.39, 0.29) is 0 Å². The van der Waals surface area contributed by atoms with Crippen molar-refractivity contribution in [2.75, 3.05) is 6.61 Å². The molecule has 0 saturated heterocycles. The molecule has 0 aliphatic carbocycles. The summed E-state index contributed by atoms with van der Waals surface area (Å²) in [7, 11) is 0. The molecule has 0 spiro atoms. The van der Waals surface area contributed by atoms with Crippen molar-refractivity contribution < 1.29 is 9.15 Å². The largest absolute Gasteiger partial charge is 0.488 e. The molecule has 1 aromatic heterocycles. The molecule has 16 heavy (non-hydrogen) atoms. The topological polar surface area (TPSA) is 39.4 Å². The maximum atomic E-state index is 11.6. The SMILES string of the molecule is O=c1oc2cc(Cl)ccc2c2c1C=CCO2. The minimum Gasteiger partial charge on any atom is -0.488 e. The van der Waals surface area contributed by atoms with E-state index in [1.807, 2.05) is 0 Å². The molecule has 80 valence electrons. The summed E-state index contributed by atoms with van der Waals surface area (Å²) in [5.41, 5.74) is 0.508. The quantitative estimate of drug-likeness (QED) is 0.658. The smallest absolute Gasteiger partial charge is 0.347 e. The monoisotopic (exact) mass is 234 g/mol. The van der Waals surface area contributed by atoms with Crippen LogP contribution in [0, 0.1) is 0 Å². The van der Waals surface area contributed by atoms with Gasteiger partial charge in [-0.2, -0.15) is 0 Å².